The molecule has 1 saturated carbocycles. The minimum atomic E-state index is -0.757. The number of hydrogen-bond donors (Lipinski definition) is 3. The lowest BCUT2D eigenvalue weighted by Crippen LogP contribution is -2.54. The number of nitrogens with zero attached hydrogens (tertiary/aromatic N) is 2. The molecule has 1 saturated heterocycles. The molecule has 21 heavy (non-hydrogen) atoms. The first kappa shape index (κ1) is 16.1. The topological polar surface area (TPSA) is 91.0 Å². The zero-order valence-corrected chi connectivity index (χ0v) is 13.0. The van der Waals surface area contributed by atoms with Crippen LogP contribution in [0.1, 0.15) is 51.9 Å². The number of oxime groups is 1. The molecule has 0 bridgehead atoms. The summed E-state index contributed by atoms with van der Waals surface area (Å²) < 4.78 is 0. The fourth-order valence-corrected chi connectivity index (χ4v) is 3.37. The maximum atomic E-state index is 12.3. The number of carbonyl (C=O) groups excluding carboxylic acids is 1. The van der Waals surface area contributed by atoms with Crippen LogP contribution in [-0.4, -0.2) is 47.5 Å². The summed E-state index contributed by atoms with van der Waals surface area (Å²) in [7, 11) is 0. The lowest BCUT2D eigenvalue weighted by atomic mass is 9.67. The highest BCUT2D eigenvalue weighted by Gasteiger charge is 2.48. The Morgan fingerprint density at radius 1 is 1.43 bits per heavy atom. The van der Waals surface area contributed by atoms with Crippen LogP contribution in [0.5, 0.6) is 0 Å². The van der Waals surface area contributed by atoms with Gasteiger partial charge in [0, 0.05) is 19.1 Å². The third-order valence-electron chi connectivity index (χ3n) is 5.09. The molecule has 0 aromatic rings. The van der Waals surface area contributed by atoms with Crippen molar-refractivity contribution in [2.45, 2.75) is 57.9 Å². The second-order valence-electron chi connectivity index (χ2n) is 6.41. The second-order valence-corrected chi connectivity index (χ2v) is 6.41. The molecule has 1 aliphatic heterocycles. The summed E-state index contributed by atoms with van der Waals surface area (Å²) in [4.78, 5) is 14.8. The molecule has 0 radical (unpaired) electrons. The van der Waals surface area contributed by atoms with Crippen LogP contribution in [-0.2, 0) is 4.79 Å². The summed E-state index contributed by atoms with van der Waals surface area (Å²) in [6.45, 7) is 5.13. The Labute approximate surface area is 126 Å². The van der Waals surface area contributed by atoms with Crippen LogP contribution in [0.3, 0.4) is 0 Å². The van der Waals surface area contributed by atoms with E-state index in [-0.39, 0.29) is 11.7 Å². The van der Waals surface area contributed by atoms with E-state index in [1.54, 1.807) is 0 Å². The maximum absolute atomic E-state index is 12.3. The normalized spacial score (nSPS) is 26.1. The molecule has 0 aromatic heterocycles. The zero-order valence-electron chi connectivity index (χ0n) is 13.0. The van der Waals surface area contributed by atoms with Crippen LogP contribution in [0, 0.1) is 5.41 Å². The van der Waals surface area contributed by atoms with Crippen molar-refractivity contribution in [2.24, 2.45) is 16.3 Å². The second kappa shape index (κ2) is 7.11. The summed E-state index contributed by atoms with van der Waals surface area (Å²) in [6, 6.07) is 0.657. The van der Waals surface area contributed by atoms with Gasteiger partial charge in [-0.1, -0.05) is 18.0 Å². The van der Waals surface area contributed by atoms with Crippen LogP contribution < -0.4 is 11.1 Å². The molecule has 120 valence electrons. The van der Waals surface area contributed by atoms with Crippen molar-refractivity contribution in [3.63, 3.8) is 0 Å². The van der Waals surface area contributed by atoms with Crippen molar-refractivity contribution in [2.75, 3.05) is 19.6 Å². The molecule has 0 aromatic carbocycles. The van der Waals surface area contributed by atoms with Gasteiger partial charge in [-0.2, -0.15) is 0 Å². The zero-order chi connectivity index (χ0) is 15.3. The van der Waals surface area contributed by atoms with Crippen LogP contribution in [0.15, 0.2) is 5.16 Å². The monoisotopic (exact) mass is 296 g/mol. The van der Waals surface area contributed by atoms with E-state index in [4.69, 9.17) is 10.9 Å². The molecule has 1 aliphatic carbocycles. The van der Waals surface area contributed by atoms with Crippen LogP contribution >= 0.6 is 0 Å². The van der Waals surface area contributed by atoms with Gasteiger partial charge in [0.1, 0.15) is 5.41 Å². The van der Waals surface area contributed by atoms with Crippen molar-refractivity contribution in [1.29, 1.82) is 0 Å². The number of nitrogens with two attached hydrogens (primary N) is 1. The minimum Gasteiger partial charge on any atom is -0.409 e. The standard InChI is InChI=1S/C15H28N4O2/c1-12-6-2-3-10-19(12)11-5-9-17-14(20)15(7-4-8-15)13(16)18-21/h12,21H,2-11H2,1H3,(H2,16,18)(H,17,20). The molecule has 2 rings (SSSR count). The predicted octanol–water partition coefficient (Wildman–Crippen LogP) is 1.28. The van der Waals surface area contributed by atoms with E-state index in [0.717, 1.165) is 19.4 Å². The average molecular weight is 296 g/mol. The first-order chi connectivity index (χ1) is 10.1. The Balaban J connectivity index is 1.72. The third kappa shape index (κ3) is 3.48. The highest BCUT2D eigenvalue weighted by Crippen LogP contribution is 2.41. The molecule has 6 nitrogen and oxygen atoms in total. The fraction of sp³-hybridized carbons (Fsp3) is 0.867. The molecule has 1 amide bonds. The van der Waals surface area contributed by atoms with Gasteiger partial charge in [-0.25, -0.2) is 0 Å². The quantitative estimate of drug-likeness (QED) is 0.226. The van der Waals surface area contributed by atoms with Gasteiger partial charge >= 0.3 is 0 Å². The number of piperidine rings is 1. The maximum Gasteiger partial charge on any atom is 0.233 e. The Hall–Kier alpha value is -1.30. The van der Waals surface area contributed by atoms with Crippen molar-refractivity contribution in [3.8, 4) is 0 Å². The molecule has 2 aliphatic rings. The third-order valence-corrected chi connectivity index (χ3v) is 5.09. The van der Waals surface area contributed by atoms with Crippen molar-refractivity contribution in [1.82, 2.24) is 10.2 Å². The van der Waals surface area contributed by atoms with E-state index in [1.807, 2.05) is 0 Å². The number of amidine groups is 1. The van der Waals surface area contributed by atoms with E-state index in [9.17, 15) is 4.79 Å². The van der Waals surface area contributed by atoms with Gasteiger partial charge in [-0.3, -0.25) is 4.79 Å². The van der Waals surface area contributed by atoms with E-state index in [0.29, 0.717) is 25.4 Å². The predicted molar refractivity (Wildman–Crippen MR) is 82.2 cm³/mol. The average Bonchev–Trinajstić information content (AvgIpc) is 2.44. The van der Waals surface area contributed by atoms with Gasteiger partial charge in [0.15, 0.2) is 5.84 Å². The van der Waals surface area contributed by atoms with Gasteiger partial charge in [0.25, 0.3) is 0 Å². The van der Waals surface area contributed by atoms with Crippen LogP contribution in [0.4, 0.5) is 0 Å². The van der Waals surface area contributed by atoms with Gasteiger partial charge in [0.05, 0.1) is 0 Å². The summed E-state index contributed by atoms with van der Waals surface area (Å²) in [6.07, 6.45) is 7.14. The van der Waals surface area contributed by atoms with E-state index >= 15 is 0 Å². The molecule has 0 spiro atoms. The molecule has 6 heteroatoms. The molecule has 2 fully saturated rings. The molecular formula is C15H28N4O2. The number of rotatable bonds is 6. The van der Waals surface area contributed by atoms with Crippen molar-refractivity contribution in [3.05, 3.63) is 0 Å². The number of nitrogens with one attached hydrogen (secondary N) is 1. The molecule has 1 unspecified atom stereocenters. The first-order valence-electron chi connectivity index (χ1n) is 8.10. The summed E-state index contributed by atoms with van der Waals surface area (Å²) >= 11 is 0. The Bertz CT molecular complexity index is 393. The number of hydrogen-bond acceptors (Lipinski definition) is 4. The van der Waals surface area contributed by atoms with Crippen LogP contribution in [0.25, 0.3) is 0 Å². The van der Waals surface area contributed by atoms with Crippen LogP contribution in [0.2, 0.25) is 0 Å². The molecule has 1 atom stereocenters. The van der Waals surface area contributed by atoms with E-state index in [2.05, 4.69) is 22.3 Å². The number of likely N-dealkylation sites (tertiary alicyclic amines) is 1. The highest BCUT2D eigenvalue weighted by molar-refractivity contribution is 6.07. The van der Waals surface area contributed by atoms with E-state index in [1.165, 1.54) is 25.8 Å². The molecule has 1 heterocycles. The number of carbonyl (C=O) groups is 1. The summed E-state index contributed by atoms with van der Waals surface area (Å²) in [5.41, 5.74) is 4.93. The smallest absolute Gasteiger partial charge is 0.233 e. The van der Waals surface area contributed by atoms with E-state index < -0.39 is 5.41 Å². The molecule has 4 N–H and O–H groups in total. The van der Waals surface area contributed by atoms with Gasteiger partial charge < -0.3 is 21.2 Å². The Morgan fingerprint density at radius 2 is 2.19 bits per heavy atom. The molecular weight excluding hydrogens is 268 g/mol. The largest absolute Gasteiger partial charge is 0.409 e. The van der Waals surface area contributed by atoms with Gasteiger partial charge in [-0.15, -0.1) is 0 Å². The van der Waals surface area contributed by atoms with Gasteiger partial charge in [-0.05, 0) is 45.6 Å². The Morgan fingerprint density at radius 3 is 2.76 bits per heavy atom. The SMILES string of the molecule is CC1CCCCN1CCCNC(=O)C1(C(N)=NO)CCC1. The Kier molecular flexibility index (Phi) is 5.45. The summed E-state index contributed by atoms with van der Waals surface area (Å²) in [5, 5.41) is 14.8. The first-order valence-corrected chi connectivity index (χ1v) is 8.10. The van der Waals surface area contributed by atoms with Gasteiger partial charge in [0.2, 0.25) is 5.91 Å². The minimum absolute atomic E-state index is 0.0518. The van der Waals surface area contributed by atoms with Crippen molar-refractivity contribution < 1.29 is 10.0 Å². The fourth-order valence-electron chi connectivity index (χ4n) is 3.37. The van der Waals surface area contributed by atoms with Crippen molar-refractivity contribution >= 4 is 11.7 Å². The highest BCUT2D eigenvalue weighted by atomic mass is 16.4. The lowest BCUT2D eigenvalue weighted by molar-refractivity contribution is -0.131. The lowest BCUT2D eigenvalue weighted by Gasteiger charge is -2.38. The summed E-state index contributed by atoms with van der Waals surface area (Å²) in [5.74, 6) is -0.0355. The number of amides is 1.